The summed E-state index contributed by atoms with van der Waals surface area (Å²) in [5, 5.41) is 0. The van der Waals surface area contributed by atoms with Crippen molar-refractivity contribution in [3.63, 3.8) is 0 Å². The molecule has 1 aliphatic heterocycles. The zero-order valence-corrected chi connectivity index (χ0v) is 10.7. The normalized spacial score (nSPS) is 25.2. The molecule has 0 saturated carbocycles. The van der Waals surface area contributed by atoms with E-state index in [4.69, 9.17) is 0 Å². The predicted octanol–water partition coefficient (Wildman–Crippen LogP) is 2.43. The number of aryl methyl sites for hydroxylation is 1. The maximum atomic E-state index is 11.4. The molecular weight excluding hydrogens is 232 g/mol. The van der Waals surface area contributed by atoms with Crippen LogP contribution in [0.1, 0.15) is 24.4 Å². The number of imidazole rings is 1. The van der Waals surface area contributed by atoms with E-state index in [-0.39, 0.29) is 0 Å². The van der Waals surface area contributed by atoms with E-state index in [2.05, 4.69) is 34.7 Å². The minimum absolute atomic E-state index is 0.472. The second-order valence-corrected chi connectivity index (χ2v) is 6.42. The number of nitrogens with zero attached hydrogens (tertiary/aromatic N) is 2. The van der Waals surface area contributed by atoms with Crippen molar-refractivity contribution >= 4 is 21.8 Å². The second-order valence-electron chi connectivity index (χ2n) is 4.72. The summed E-state index contributed by atoms with van der Waals surface area (Å²) in [6.45, 7) is 2.10. The molecule has 0 aliphatic carbocycles. The molecule has 90 valence electrons. The predicted molar refractivity (Wildman–Crippen MR) is 70.6 cm³/mol. The topological polar surface area (TPSA) is 34.9 Å². The van der Waals surface area contributed by atoms with E-state index < -0.39 is 10.8 Å². The molecule has 1 saturated heterocycles. The van der Waals surface area contributed by atoms with Gasteiger partial charge in [-0.2, -0.15) is 0 Å². The standard InChI is InChI=1S/C13H16N2OS/c1-10-2-3-12-13(8-10)15(9-14-12)11-4-6-17(16)7-5-11/h2-3,8-9,11H,4-7H2,1H3. The largest absolute Gasteiger partial charge is 0.327 e. The average Bonchev–Trinajstić information content (AvgIpc) is 2.73. The van der Waals surface area contributed by atoms with Crippen molar-refractivity contribution in [3.8, 4) is 0 Å². The zero-order chi connectivity index (χ0) is 11.8. The van der Waals surface area contributed by atoms with Gasteiger partial charge in [0.15, 0.2) is 0 Å². The van der Waals surface area contributed by atoms with Crippen molar-refractivity contribution in [3.05, 3.63) is 30.1 Å². The summed E-state index contributed by atoms with van der Waals surface area (Å²) in [4.78, 5) is 4.44. The Morgan fingerprint density at radius 2 is 2.12 bits per heavy atom. The van der Waals surface area contributed by atoms with Crippen LogP contribution in [0.5, 0.6) is 0 Å². The van der Waals surface area contributed by atoms with Gasteiger partial charge in [-0.1, -0.05) is 6.07 Å². The lowest BCUT2D eigenvalue weighted by Gasteiger charge is -2.23. The molecule has 2 aromatic rings. The van der Waals surface area contributed by atoms with E-state index in [1.54, 1.807) is 0 Å². The Bertz CT molecular complexity index is 566. The van der Waals surface area contributed by atoms with Crippen molar-refractivity contribution < 1.29 is 4.21 Å². The molecular formula is C13H16N2OS. The summed E-state index contributed by atoms with van der Waals surface area (Å²) in [5.74, 6) is 1.66. The maximum absolute atomic E-state index is 11.4. The summed E-state index contributed by atoms with van der Waals surface area (Å²) < 4.78 is 13.6. The smallest absolute Gasteiger partial charge is 0.0960 e. The molecule has 0 radical (unpaired) electrons. The first-order valence-corrected chi connectivity index (χ1v) is 7.51. The van der Waals surface area contributed by atoms with Crippen molar-refractivity contribution in [2.75, 3.05) is 11.5 Å². The van der Waals surface area contributed by atoms with Crippen LogP contribution in [0.2, 0.25) is 0 Å². The molecule has 1 aromatic carbocycles. The van der Waals surface area contributed by atoms with Crippen LogP contribution >= 0.6 is 0 Å². The highest BCUT2D eigenvalue weighted by Gasteiger charge is 2.20. The third-order valence-corrected chi connectivity index (χ3v) is 4.86. The molecule has 0 atom stereocenters. The summed E-state index contributed by atoms with van der Waals surface area (Å²) in [7, 11) is -0.594. The Labute approximate surface area is 103 Å². The van der Waals surface area contributed by atoms with Gasteiger partial charge >= 0.3 is 0 Å². The van der Waals surface area contributed by atoms with Crippen molar-refractivity contribution in [1.29, 1.82) is 0 Å². The van der Waals surface area contributed by atoms with Gasteiger partial charge in [-0.05, 0) is 37.5 Å². The van der Waals surface area contributed by atoms with E-state index in [0.717, 1.165) is 29.9 Å². The quantitative estimate of drug-likeness (QED) is 0.777. The van der Waals surface area contributed by atoms with Crippen LogP contribution in [0.3, 0.4) is 0 Å². The highest BCUT2D eigenvalue weighted by atomic mass is 32.2. The monoisotopic (exact) mass is 248 g/mol. The minimum atomic E-state index is -0.594. The van der Waals surface area contributed by atoms with Crippen LogP contribution in [0.15, 0.2) is 24.5 Å². The molecule has 0 amide bonds. The maximum Gasteiger partial charge on any atom is 0.0960 e. The minimum Gasteiger partial charge on any atom is -0.327 e. The fourth-order valence-corrected chi connectivity index (χ4v) is 3.76. The average molecular weight is 248 g/mol. The Morgan fingerprint density at radius 3 is 2.88 bits per heavy atom. The third kappa shape index (κ3) is 2.02. The Hall–Kier alpha value is -1.16. The lowest BCUT2D eigenvalue weighted by molar-refractivity contribution is 0.472. The molecule has 4 heteroatoms. The number of aromatic nitrogens is 2. The molecule has 0 bridgehead atoms. The molecule has 3 rings (SSSR count). The SMILES string of the molecule is Cc1ccc2ncn(C3CCS(=O)CC3)c2c1. The van der Waals surface area contributed by atoms with Crippen LogP contribution in [-0.4, -0.2) is 25.3 Å². The first kappa shape index (κ1) is 11.0. The number of rotatable bonds is 1. The van der Waals surface area contributed by atoms with Gasteiger partial charge in [0.05, 0.1) is 17.4 Å². The summed E-state index contributed by atoms with van der Waals surface area (Å²) >= 11 is 0. The number of hydrogen-bond acceptors (Lipinski definition) is 2. The Morgan fingerprint density at radius 1 is 1.35 bits per heavy atom. The second kappa shape index (κ2) is 4.26. The highest BCUT2D eigenvalue weighted by Crippen LogP contribution is 2.26. The number of benzene rings is 1. The van der Waals surface area contributed by atoms with E-state index in [9.17, 15) is 4.21 Å². The Balaban J connectivity index is 1.99. The fraction of sp³-hybridized carbons (Fsp3) is 0.462. The molecule has 17 heavy (non-hydrogen) atoms. The zero-order valence-electron chi connectivity index (χ0n) is 9.93. The summed E-state index contributed by atoms with van der Waals surface area (Å²) in [6.07, 6.45) is 3.95. The van der Waals surface area contributed by atoms with E-state index in [1.807, 2.05) is 6.33 Å². The lowest BCUT2D eigenvalue weighted by atomic mass is 10.1. The van der Waals surface area contributed by atoms with Crippen LogP contribution in [0.4, 0.5) is 0 Å². The van der Waals surface area contributed by atoms with Gasteiger partial charge in [0.1, 0.15) is 0 Å². The first-order valence-electron chi connectivity index (χ1n) is 6.02. The van der Waals surface area contributed by atoms with Crippen molar-refractivity contribution in [1.82, 2.24) is 9.55 Å². The van der Waals surface area contributed by atoms with Gasteiger partial charge in [-0.25, -0.2) is 4.98 Å². The summed E-state index contributed by atoms with van der Waals surface area (Å²) in [5.41, 5.74) is 3.53. The van der Waals surface area contributed by atoms with Crippen LogP contribution in [-0.2, 0) is 10.8 Å². The van der Waals surface area contributed by atoms with Gasteiger partial charge in [0.2, 0.25) is 0 Å². The molecule has 0 spiro atoms. The van der Waals surface area contributed by atoms with Gasteiger partial charge in [-0.3, -0.25) is 4.21 Å². The van der Waals surface area contributed by atoms with Crippen LogP contribution < -0.4 is 0 Å². The van der Waals surface area contributed by atoms with Gasteiger partial charge in [0.25, 0.3) is 0 Å². The molecule has 1 aromatic heterocycles. The van der Waals surface area contributed by atoms with Gasteiger partial charge in [0, 0.05) is 28.3 Å². The Kier molecular flexibility index (Phi) is 2.74. The molecule has 0 N–H and O–H groups in total. The summed E-state index contributed by atoms with van der Waals surface area (Å²) in [6, 6.07) is 6.82. The third-order valence-electron chi connectivity index (χ3n) is 3.48. The molecule has 2 heterocycles. The molecule has 1 aliphatic rings. The molecule has 3 nitrogen and oxygen atoms in total. The number of hydrogen-bond donors (Lipinski definition) is 0. The highest BCUT2D eigenvalue weighted by molar-refractivity contribution is 7.85. The van der Waals surface area contributed by atoms with Gasteiger partial charge in [-0.15, -0.1) is 0 Å². The number of fused-ring (bicyclic) bond motifs is 1. The molecule has 1 fully saturated rings. The van der Waals surface area contributed by atoms with Crippen LogP contribution in [0, 0.1) is 6.92 Å². The molecule has 0 unspecified atom stereocenters. The lowest BCUT2D eigenvalue weighted by Crippen LogP contribution is -2.21. The fourth-order valence-electron chi connectivity index (χ4n) is 2.49. The van der Waals surface area contributed by atoms with E-state index in [0.29, 0.717) is 6.04 Å². The first-order chi connectivity index (χ1) is 8.24. The van der Waals surface area contributed by atoms with Gasteiger partial charge < -0.3 is 4.57 Å². The van der Waals surface area contributed by atoms with Crippen molar-refractivity contribution in [2.45, 2.75) is 25.8 Å². The van der Waals surface area contributed by atoms with E-state index >= 15 is 0 Å². The van der Waals surface area contributed by atoms with E-state index in [1.165, 1.54) is 11.1 Å². The van der Waals surface area contributed by atoms with Crippen LogP contribution in [0.25, 0.3) is 11.0 Å². The van der Waals surface area contributed by atoms with Crippen molar-refractivity contribution in [2.24, 2.45) is 0 Å².